The van der Waals surface area contributed by atoms with Gasteiger partial charge in [-0.15, -0.1) is 11.3 Å². The van der Waals surface area contributed by atoms with Gasteiger partial charge in [0.05, 0.1) is 0 Å². The first-order chi connectivity index (χ1) is 7.27. The minimum absolute atomic E-state index is 0.250. The molecule has 1 aliphatic heterocycles. The zero-order valence-electron chi connectivity index (χ0n) is 8.51. The van der Waals surface area contributed by atoms with E-state index in [9.17, 15) is 4.39 Å². The number of alkyl halides is 1. The minimum Gasteiger partial charge on any atom is -0.317 e. The number of piperidine rings is 1. The lowest BCUT2D eigenvalue weighted by molar-refractivity contribution is 0.188. The highest BCUT2D eigenvalue weighted by atomic mass is 79.9. The molecule has 0 aromatic carbocycles. The molecule has 0 radical (unpaired) electrons. The Morgan fingerprint density at radius 1 is 1.53 bits per heavy atom. The quantitative estimate of drug-likeness (QED) is 0.900. The molecular formula is C11H15BrFNS. The molecule has 15 heavy (non-hydrogen) atoms. The fourth-order valence-corrected chi connectivity index (χ4v) is 3.57. The highest BCUT2D eigenvalue weighted by molar-refractivity contribution is 9.10. The largest absolute Gasteiger partial charge is 0.317 e. The average molecular weight is 292 g/mol. The Labute approximate surface area is 102 Å². The Morgan fingerprint density at radius 3 is 2.87 bits per heavy atom. The Hall–Kier alpha value is 0.0700. The SMILES string of the molecule is FC(Cc1sccc1Br)C1CCNCC1. The molecular weight excluding hydrogens is 277 g/mol. The van der Waals surface area contributed by atoms with Crippen molar-refractivity contribution in [2.45, 2.75) is 25.4 Å². The van der Waals surface area contributed by atoms with Gasteiger partial charge in [-0.25, -0.2) is 4.39 Å². The minimum atomic E-state index is -0.679. The van der Waals surface area contributed by atoms with Crippen molar-refractivity contribution >= 4 is 27.3 Å². The Balaban J connectivity index is 1.91. The third-order valence-electron chi connectivity index (χ3n) is 2.97. The van der Waals surface area contributed by atoms with Crippen LogP contribution in [0.15, 0.2) is 15.9 Å². The van der Waals surface area contributed by atoms with Crippen LogP contribution in [-0.2, 0) is 6.42 Å². The smallest absolute Gasteiger partial charge is 0.108 e. The van der Waals surface area contributed by atoms with Crippen molar-refractivity contribution in [3.8, 4) is 0 Å². The molecule has 0 saturated carbocycles. The van der Waals surface area contributed by atoms with Crippen LogP contribution in [0.25, 0.3) is 0 Å². The van der Waals surface area contributed by atoms with Crippen molar-refractivity contribution in [3.05, 3.63) is 20.8 Å². The summed E-state index contributed by atoms with van der Waals surface area (Å²) in [5.74, 6) is 0.250. The lowest BCUT2D eigenvalue weighted by Crippen LogP contribution is -2.33. The lowest BCUT2D eigenvalue weighted by atomic mass is 9.91. The van der Waals surface area contributed by atoms with Gasteiger partial charge in [0, 0.05) is 15.8 Å². The van der Waals surface area contributed by atoms with E-state index in [0.717, 1.165) is 35.3 Å². The van der Waals surface area contributed by atoms with Crippen LogP contribution in [0.3, 0.4) is 0 Å². The normalized spacial score (nSPS) is 20.4. The number of hydrogen-bond acceptors (Lipinski definition) is 2. The summed E-state index contributed by atoms with van der Waals surface area (Å²) in [6, 6.07) is 2.00. The Bertz CT molecular complexity index is 309. The van der Waals surface area contributed by atoms with E-state index in [0.29, 0.717) is 6.42 Å². The van der Waals surface area contributed by atoms with Gasteiger partial charge in [0.2, 0.25) is 0 Å². The molecule has 1 aromatic rings. The van der Waals surface area contributed by atoms with E-state index in [4.69, 9.17) is 0 Å². The first kappa shape index (κ1) is 11.6. The molecule has 1 unspecified atom stereocenters. The molecule has 1 aliphatic rings. The number of halogens is 2. The van der Waals surface area contributed by atoms with E-state index >= 15 is 0 Å². The van der Waals surface area contributed by atoms with Gasteiger partial charge in [0.25, 0.3) is 0 Å². The summed E-state index contributed by atoms with van der Waals surface area (Å²) in [5, 5.41) is 5.28. The molecule has 1 aromatic heterocycles. The molecule has 84 valence electrons. The molecule has 0 bridgehead atoms. The van der Waals surface area contributed by atoms with Gasteiger partial charge >= 0.3 is 0 Å². The second kappa shape index (κ2) is 5.41. The van der Waals surface area contributed by atoms with E-state index in [2.05, 4.69) is 21.2 Å². The maximum atomic E-state index is 14.0. The summed E-state index contributed by atoms with van der Waals surface area (Å²) < 4.78 is 15.0. The third kappa shape index (κ3) is 3.02. The fourth-order valence-electron chi connectivity index (χ4n) is 2.02. The molecule has 1 nitrogen and oxygen atoms in total. The summed E-state index contributed by atoms with van der Waals surface area (Å²) in [5.41, 5.74) is 0. The van der Waals surface area contributed by atoms with Crippen molar-refractivity contribution in [2.75, 3.05) is 13.1 Å². The van der Waals surface area contributed by atoms with Gasteiger partial charge < -0.3 is 5.32 Å². The summed E-state index contributed by atoms with van der Waals surface area (Å²) in [4.78, 5) is 1.14. The van der Waals surface area contributed by atoms with Crippen LogP contribution in [0, 0.1) is 5.92 Å². The average Bonchev–Trinajstić information content (AvgIpc) is 2.66. The molecule has 0 spiro atoms. The number of rotatable bonds is 3. The van der Waals surface area contributed by atoms with Crippen LogP contribution in [0.2, 0.25) is 0 Å². The van der Waals surface area contributed by atoms with Gasteiger partial charge in [-0.1, -0.05) is 0 Å². The van der Waals surface area contributed by atoms with Gasteiger partial charge in [0.1, 0.15) is 6.17 Å². The zero-order valence-corrected chi connectivity index (χ0v) is 10.9. The monoisotopic (exact) mass is 291 g/mol. The van der Waals surface area contributed by atoms with E-state index in [1.807, 2.05) is 11.4 Å². The van der Waals surface area contributed by atoms with Crippen molar-refractivity contribution in [2.24, 2.45) is 5.92 Å². The molecule has 1 saturated heterocycles. The van der Waals surface area contributed by atoms with Crippen LogP contribution < -0.4 is 5.32 Å². The summed E-state index contributed by atoms with van der Waals surface area (Å²) >= 11 is 5.09. The summed E-state index contributed by atoms with van der Waals surface area (Å²) in [7, 11) is 0. The first-order valence-corrected chi connectivity index (χ1v) is 7.01. The third-order valence-corrected chi connectivity index (χ3v) is 4.92. The van der Waals surface area contributed by atoms with Gasteiger partial charge in [-0.3, -0.25) is 0 Å². The second-order valence-corrected chi connectivity index (χ2v) is 5.85. The summed E-state index contributed by atoms with van der Waals surface area (Å²) in [6.45, 7) is 1.94. The van der Waals surface area contributed by atoms with Crippen LogP contribution in [0.5, 0.6) is 0 Å². The molecule has 0 aliphatic carbocycles. The standard InChI is InChI=1S/C11H15BrFNS/c12-9-3-6-15-11(9)7-10(13)8-1-4-14-5-2-8/h3,6,8,10,14H,1-2,4-5,7H2. The molecule has 4 heteroatoms. The summed E-state index contributed by atoms with van der Waals surface area (Å²) in [6.07, 6.45) is 1.85. The van der Waals surface area contributed by atoms with E-state index in [-0.39, 0.29) is 5.92 Å². The van der Waals surface area contributed by atoms with Crippen LogP contribution in [0.4, 0.5) is 4.39 Å². The van der Waals surface area contributed by atoms with E-state index in [1.54, 1.807) is 11.3 Å². The predicted octanol–water partition coefficient (Wildman–Crippen LogP) is 3.39. The van der Waals surface area contributed by atoms with Gasteiger partial charge in [0.15, 0.2) is 0 Å². The van der Waals surface area contributed by atoms with Gasteiger partial charge in [-0.05, 0) is 59.2 Å². The van der Waals surface area contributed by atoms with Crippen LogP contribution in [-0.4, -0.2) is 19.3 Å². The molecule has 1 N–H and O–H groups in total. The maximum absolute atomic E-state index is 14.0. The van der Waals surface area contributed by atoms with E-state index in [1.165, 1.54) is 0 Å². The molecule has 1 atom stereocenters. The predicted molar refractivity (Wildman–Crippen MR) is 66.2 cm³/mol. The molecule has 2 rings (SSSR count). The van der Waals surface area contributed by atoms with E-state index < -0.39 is 6.17 Å². The van der Waals surface area contributed by atoms with Crippen molar-refractivity contribution in [1.82, 2.24) is 5.32 Å². The Morgan fingerprint density at radius 2 is 2.27 bits per heavy atom. The van der Waals surface area contributed by atoms with Crippen molar-refractivity contribution in [3.63, 3.8) is 0 Å². The van der Waals surface area contributed by atoms with Crippen LogP contribution >= 0.6 is 27.3 Å². The highest BCUT2D eigenvalue weighted by Crippen LogP contribution is 2.28. The lowest BCUT2D eigenvalue weighted by Gasteiger charge is -2.25. The molecule has 2 heterocycles. The fraction of sp³-hybridized carbons (Fsp3) is 0.636. The topological polar surface area (TPSA) is 12.0 Å². The van der Waals surface area contributed by atoms with Crippen LogP contribution in [0.1, 0.15) is 17.7 Å². The van der Waals surface area contributed by atoms with Gasteiger partial charge in [-0.2, -0.15) is 0 Å². The number of hydrogen-bond donors (Lipinski definition) is 1. The van der Waals surface area contributed by atoms with Crippen molar-refractivity contribution in [1.29, 1.82) is 0 Å². The molecule has 0 amide bonds. The first-order valence-electron chi connectivity index (χ1n) is 5.34. The second-order valence-electron chi connectivity index (χ2n) is 4.00. The maximum Gasteiger partial charge on any atom is 0.108 e. The Kier molecular flexibility index (Phi) is 4.17. The highest BCUT2D eigenvalue weighted by Gasteiger charge is 2.24. The number of thiophene rings is 1. The van der Waals surface area contributed by atoms with Crippen molar-refractivity contribution < 1.29 is 4.39 Å². The zero-order chi connectivity index (χ0) is 10.7. The number of nitrogens with one attached hydrogen (secondary N) is 1. The molecule has 1 fully saturated rings.